The highest BCUT2D eigenvalue weighted by molar-refractivity contribution is 9.10. The largest absolute Gasteiger partial charge is 0.492 e. The number of carbonyl (C=O) groups is 2. The molecule has 1 aliphatic rings. The smallest absolute Gasteiger partial charge is 0.257 e. The van der Waals surface area contributed by atoms with Crippen molar-refractivity contribution in [2.75, 3.05) is 25.0 Å². The molecule has 0 atom stereocenters. The van der Waals surface area contributed by atoms with Gasteiger partial charge in [-0.1, -0.05) is 13.8 Å². The van der Waals surface area contributed by atoms with E-state index in [1.165, 1.54) is 6.42 Å². The van der Waals surface area contributed by atoms with Gasteiger partial charge in [0.1, 0.15) is 5.75 Å². The van der Waals surface area contributed by atoms with Gasteiger partial charge in [0.15, 0.2) is 5.11 Å². The summed E-state index contributed by atoms with van der Waals surface area (Å²) >= 11 is 8.75. The Morgan fingerprint density at radius 2 is 1.73 bits per heavy atom. The van der Waals surface area contributed by atoms with E-state index in [-0.39, 0.29) is 16.9 Å². The lowest BCUT2D eigenvalue weighted by atomic mass is 10.1. The van der Waals surface area contributed by atoms with Crippen LogP contribution < -0.4 is 15.4 Å². The van der Waals surface area contributed by atoms with Crippen molar-refractivity contribution in [3.8, 4) is 5.75 Å². The zero-order valence-corrected chi connectivity index (χ0v) is 21.4. The highest BCUT2D eigenvalue weighted by Crippen LogP contribution is 2.26. The molecular formula is C25H30BrN3O3S. The third kappa shape index (κ3) is 7.54. The summed E-state index contributed by atoms with van der Waals surface area (Å²) in [4.78, 5) is 27.1. The third-order valence-electron chi connectivity index (χ3n) is 5.41. The molecule has 0 bridgehead atoms. The first-order valence-electron chi connectivity index (χ1n) is 11.3. The van der Waals surface area contributed by atoms with Gasteiger partial charge in [-0.2, -0.15) is 0 Å². The number of nitrogens with zero attached hydrogens (tertiary/aromatic N) is 1. The summed E-state index contributed by atoms with van der Waals surface area (Å²) in [7, 11) is 0. The number of halogens is 1. The van der Waals surface area contributed by atoms with Gasteiger partial charge in [-0.05, 0) is 102 Å². The van der Waals surface area contributed by atoms with Crippen LogP contribution in [0, 0.1) is 5.92 Å². The minimum atomic E-state index is -0.321. The van der Waals surface area contributed by atoms with Gasteiger partial charge < -0.3 is 15.0 Å². The Morgan fingerprint density at radius 3 is 2.36 bits per heavy atom. The predicted molar refractivity (Wildman–Crippen MR) is 139 cm³/mol. The summed E-state index contributed by atoms with van der Waals surface area (Å²) in [5, 5.41) is 5.86. The Balaban J connectivity index is 1.52. The summed E-state index contributed by atoms with van der Waals surface area (Å²) in [5.41, 5.74) is 1.81. The molecule has 2 aromatic carbocycles. The molecule has 0 saturated carbocycles. The van der Waals surface area contributed by atoms with E-state index in [1.54, 1.807) is 42.5 Å². The van der Waals surface area contributed by atoms with Crippen LogP contribution in [0.2, 0.25) is 0 Å². The fourth-order valence-corrected chi connectivity index (χ4v) is 4.18. The fourth-order valence-electron chi connectivity index (χ4n) is 3.48. The average Bonchev–Trinajstić information content (AvgIpc) is 2.80. The molecule has 33 heavy (non-hydrogen) atoms. The van der Waals surface area contributed by atoms with Crippen LogP contribution in [0.15, 0.2) is 46.9 Å². The van der Waals surface area contributed by atoms with Crippen LogP contribution in [0.5, 0.6) is 5.75 Å². The van der Waals surface area contributed by atoms with Gasteiger partial charge in [-0.3, -0.25) is 14.9 Å². The monoisotopic (exact) mass is 531 g/mol. The maximum absolute atomic E-state index is 12.6. The fraction of sp³-hybridized carbons (Fsp3) is 0.400. The van der Waals surface area contributed by atoms with Crippen molar-refractivity contribution in [3.63, 3.8) is 0 Å². The third-order valence-corrected chi connectivity index (χ3v) is 6.23. The summed E-state index contributed by atoms with van der Waals surface area (Å²) in [6.07, 6.45) is 4.26. The number of anilines is 1. The molecular weight excluding hydrogens is 502 g/mol. The van der Waals surface area contributed by atoms with E-state index >= 15 is 0 Å². The quantitative estimate of drug-likeness (QED) is 0.453. The Labute approximate surface area is 209 Å². The van der Waals surface area contributed by atoms with Crippen molar-refractivity contribution in [1.82, 2.24) is 10.2 Å². The molecule has 0 spiro atoms. The van der Waals surface area contributed by atoms with Gasteiger partial charge in [-0.25, -0.2) is 0 Å². The molecule has 2 aromatic rings. The first-order valence-corrected chi connectivity index (χ1v) is 12.5. The second-order valence-corrected chi connectivity index (χ2v) is 9.78. The summed E-state index contributed by atoms with van der Waals surface area (Å²) in [6.45, 7) is 6.54. The molecule has 8 heteroatoms. The minimum Gasteiger partial charge on any atom is -0.492 e. The molecule has 176 valence electrons. The predicted octanol–water partition coefficient (Wildman–Crippen LogP) is 5.63. The van der Waals surface area contributed by atoms with Gasteiger partial charge in [0.05, 0.1) is 11.1 Å². The molecule has 2 N–H and O–H groups in total. The standard InChI is InChI=1S/C25H30BrN3O3S/c1-17(2)12-15-32-22-11-8-19(16-21(22)26)23(30)28-25(33)27-20-9-6-18(7-10-20)24(31)29-13-4-3-5-14-29/h6-11,16-17H,3-5,12-15H2,1-2H3,(H2,27,28,30,33). The maximum Gasteiger partial charge on any atom is 0.257 e. The van der Waals surface area contributed by atoms with Gasteiger partial charge in [-0.15, -0.1) is 0 Å². The van der Waals surface area contributed by atoms with Crippen LogP contribution in [0.25, 0.3) is 0 Å². The number of thiocarbonyl (C=S) groups is 1. The lowest BCUT2D eigenvalue weighted by molar-refractivity contribution is 0.0724. The number of ether oxygens (including phenoxy) is 1. The highest BCUT2D eigenvalue weighted by Gasteiger charge is 2.18. The molecule has 1 aliphatic heterocycles. The van der Waals surface area contributed by atoms with E-state index in [0.29, 0.717) is 39.6 Å². The molecule has 1 saturated heterocycles. The number of hydrogen-bond donors (Lipinski definition) is 2. The van der Waals surface area contributed by atoms with Crippen molar-refractivity contribution in [2.45, 2.75) is 39.5 Å². The molecule has 0 aromatic heterocycles. The van der Waals surface area contributed by atoms with E-state index in [4.69, 9.17) is 17.0 Å². The second kappa shape index (κ2) is 12.1. The van der Waals surface area contributed by atoms with Crippen LogP contribution in [0.1, 0.15) is 60.2 Å². The molecule has 1 heterocycles. The minimum absolute atomic E-state index is 0.0549. The maximum atomic E-state index is 12.6. The van der Waals surface area contributed by atoms with E-state index in [1.807, 2.05) is 4.90 Å². The molecule has 6 nitrogen and oxygen atoms in total. The SMILES string of the molecule is CC(C)CCOc1ccc(C(=O)NC(=S)Nc2ccc(C(=O)N3CCCCC3)cc2)cc1Br. The zero-order chi connectivity index (χ0) is 23.8. The normalized spacial score (nSPS) is 13.5. The van der Waals surface area contributed by atoms with Crippen molar-refractivity contribution >= 4 is 50.8 Å². The van der Waals surface area contributed by atoms with Crippen molar-refractivity contribution in [3.05, 3.63) is 58.1 Å². The van der Waals surface area contributed by atoms with Crippen LogP contribution in [-0.2, 0) is 0 Å². The molecule has 1 fully saturated rings. The number of piperidine rings is 1. The number of nitrogens with one attached hydrogen (secondary N) is 2. The van der Waals surface area contributed by atoms with Crippen molar-refractivity contribution in [2.24, 2.45) is 5.92 Å². The lowest BCUT2D eigenvalue weighted by Gasteiger charge is -2.26. The molecule has 0 radical (unpaired) electrons. The highest BCUT2D eigenvalue weighted by atomic mass is 79.9. The van der Waals surface area contributed by atoms with Gasteiger partial charge in [0.25, 0.3) is 11.8 Å². The zero-order valence-electron chi connectivity index (χ0n) is 19.0. The molecule has 0 unspecified atom stereocenters. The summed E-state index contributed by atoms with van der Waals surface area (Å²) in [6, 6.07) is 12.3. The van der Waals surface area contributed by atoms with Crippen LogP contribution >= 0.6 is 28.1 Å². The van der Waals surface area contributed by atoms with E-state index in [0.717, 1.165) is 32.4 Å². The van der Waals surface area contributed by atoms with Crippen molar-refractivity contribution in [1.29, 1.82) is 0 Å². The Morgan fingerprint density at radius 1 is 1.06 bits per heavy atom. The van der Waals surface area contributed by atoms with Crippen LogP contribution in [-0.4, -0.2) is 41.5 Å². The first kappa shape index (κ1) is 25.2. The van der Waals surface area contributed by atoms with E-state index < -0.39 is 0 Å². The van der Waals surface area contributed by atoms with Crippen molar-refractivity contribution < 1.29 is 14.3 Å². The van der Waals surface area contributed by atoms with Gasteiger partial charge in [0, 0.05) is 29.9 Å². The number of likely N-dealkylation sites (tertiary alicyclic amines) is 1. The molecule has 0 aliphatic carbocycles. The number of carbonyl (C=O) groups excluding carboxylic acids is 2. The number of amides is 2. The number of rotatable bonds is 7. The Kier molecular flexibility index (Phi) is 9.26. The van der Waals surface area contributed by atoms with Crippen LogP contribution in [0.3, 0.4) is 0 Å². The lowest BCUT2D eigenvalue weighted by Crippen LogP contribution is -2.35. The summed E-state index contributed by atoms with van der Waals surface area (Å²) < 4.78 is 6.48. The van der Waals surface area contributed by atoms with Crippen LogP contribution in [0.4, 0.5) is 5.69 Å². The molecule has 3 rings (SSSR count). The van der Waals surface area contributed by atoms with Gasteiger partial charge in [0.2, 0.25) is 0 Å². The van der Waals surface area contributed by atoms with Gasteiger partial charge >= 0.3 is 0 Å². The number of benzene rings is 2. The molecule has 2 amide bonds. The second-order valence-electron chi connectivity index (χ2n) is 8.51. The topological polar surface area (TPSA) is 70.7 Å². The van der Waals surface area contributed by atoms with E-state index in [9.17, 15) is 9.59 Å². The Hall–Kier alpha value is -2.45. The summed E-state index contributed by atoms with van der Waals surface area (Å²) in [5.74, 6) is 0.999. The number of hydrogen-bond acceptors (Lipinski definition) is 4. The average molecular weight is 533 g/mol. The first-order chi connectivity index (χ1) is 15.8. The van der Waals surface area contributed by atoms with E-state index in [2.05, 4.69) is 40.4 Å². The Bertz CT molecular complexity index is 989.